The molecule has 2 saturated heterocycles. The summed E-state index contributed by atoms with van der Waals surface area (Å²) >= 11 is 0. The van der Waals surface area contributed by atoms with Crippen molar-refractivity contribution in [3.05, 3.63) is 35.4 Å². The fourth-order valence-electron chi connectivity index (χ4n) is 5.61. The number of hydrogen-bond donors (Lipinski definition) is 1. The minimum Gasteiger partial charge on any atom is -0.447 e. The van der Waals surface area contributed by atoms with Crippen LogP contribution < -0.4 is 5.32 Å². The number of benzene rings is 1. The number of cyclic esters (lactones) is 1. The van der Waals surface area contributed by atoms with Gasteiger partial charge in [-0.3, -0.25) is 4.79 Å². The van der Waals surface area contributed by atoms with Crippen molar-refractivity contribution in [2.75, 3.05) is 19.7 Å². The van der Waals surface area contributed by atoms with Gasteiger partial charge in [-0.05, 0) is 48.1 Å². The predicted octanol–water partition coefficient (Wildman–Crippen LogP) is 2.45. The summed E-state index contributed by atoms with van der Waals surface area (Å²) in [6.07, 6.45) is 1.09. The van der Waals surface area contributed by atoms with Crippen LogP contribution in [0.4, 0.5) is 4.79 Å². The minimum atomic E-state index is -0.345. The average molecular weight is 340 g/mol. The van der Waals surface area contributed by atoms with E-state index >= 15 is 0 Å². The summed E-state index contributed by atoms with van der Waals surface area (Å²) in [5.74, 6) is 1.48. The van der Waals surface area contributed by atoms with Gasteiger partial charge in [0.25, 0.3) is 0 Å². The van der Waals surface area contributed by atoms with E-state index in [1.807, 2.05) is 0 Å². The highest BCUT2D eigenvalue weighted by molar-refractivity contribution is 5.82. The van der Waals surface area contributed by atoms with Crippen LogP contribution in [0.5, 0.6) is 0 Å². The molecular formula is C20H24N2O3. The van der Waals surface area contributed by atoms with Gasteiger partial charge in [0.2, 0.25) is 5.91 Å². The van der Waals surface area contributed by atoms with Crippen LogP contribution in [0.15, 0.2) is 24.3 Å². The summed E-state index contributed by atoms with van der Waals surface area (Å²) < 4.78 is 5.00. The number of hydrogen-bond acceptors (Lipinski definition) is 3. The number of alkyl carbamates (subject to hydrolysis) is 1. The number of aryl methyl sites for hydroxylation is 1. The Balaban J connectivity index is 1.23. The molecule has 1 aromatic carbocycles. The van der Waals surface area contributed by atoms with Gasteiger partial charge >= 0.3 is 6.09 Å². The molecule has 0 bridgehead atoms. The first-order valence-electron chi connectivity index (χ1n) is 9.21. The van der Waals surface area contributed by atoms with Crippen molar-refractivity contribution < 1.29 is 14.3 Å². The monoisotopic (exact) mass is 340 g/mol. The molecule has 2 heterocycles. The zero-order chi connectivity index (χ0) is 17.4. The van der Waals surface area contributed by atoms with Crippen molar-refractivity contribution >= 4 is 12.0 Å². The molecule has 4 aliphatic rings. The lowest BCUT2D eigenvalue weighted by Crippen LogP contribution is -2.58. The molecule has 0 radical (unpaired) electrons. The molecule has 1 N–H and O–H groups in total. The van der Waals surface area contributed by atoms with Gasteiger partial charge in [0.15, 0.2) is 0 Å². The lowest BCUT2D eigenvalue weighted by Gasteiger charge is -2.43. The second kappa shape index (κ2) is 4.77. The first kappa shape index (κ1) is 15.2. The van der Waals surface area contributed by atoms with Crippen LogP contribution in [0.25, 0.3) is 0 Å². The maximum absolute atomic E-state index is 12.8. The molecule has 1 spiro atoms. The summed E-state index contributed by atoms with van der Waals surface area (Å²) in [5.41, 5.74) is 2.77. The molecule has 2 amide bonds. The molecule has 0 unspecified atom stereocenters. The number of fused-ring (bicyclic) bond motifs is 1. The van der Waals surface area contributed by atoms with Gasteiger partial charge in [0, 0.05) is 19.0 Å². The molecule has 2 saturated carbocycles. The number of nitrogens with zero attached hydrogens (tertiary/aromatic N) is 1. The topological polar surface area (TPSA) is 58.6 Å². The molecule has 5 rings (SSSR count). The second-order valence-electron chi connectivity index (χ2n) is 8.75. The molecule has 2 aliphatic carbocycles. The molecule has 25 heavy (non-hydrogen) atoms. The number of rotatable bonds is 2. The summed E-state index contributed by atoms with van der Waals surface area (Å²) in [7, 11) is 0. The zero-order valence-corrected chi connectivity index (χ0v) is 14.7. The Kier molecular flexibility index (Phi) is 2.91. The fraction of sp³-hybridized carbons (Fsp3) is 0.600. The summed E-state index contributed by atoms with van der Waals surface area (Å²) in [5, 5.41) is 2.87. The van der Waals surface area contributed by atoms with Crippen LogP contribution in [-0.4, -0.2) is 42.1 Å². The Hall–Kier alpha value is -2.04. The van der Waals surface area contributed by atoms with Crippen molar-refractivity contribution in [1.29, 1.82) is 0 Å². The van der Waals surface area contributed by atoms with Crippen LogP contribution >= 0.6 is 0 Å². The molecule has 132 valence electrons. The first-order chi connectivity index (χ1) is 11.9. The highest BCUT2D eigenvalue weighted by atomic mass is 16.6. The van der Waals surface area contributed by atoms with Crippen LogP contribution in [0.3, 0.4) is 0 Å². The highest BCUT2D eigenvalue weighted by Crippen LogP contribution is 2.68. The molecular weight excluding hydrogens is 316 g/mol. The van der Waals surface area contributed by atoms with Crippen molar-refractivity contribution in [2.45, 2.75) is 38.1 Å². The van der Waals surface area contributed by atoms with Gasteiger partial charge in [-0.25, -0.2) is 4.79 Å². The van der Waals surface area contributed by atoms with E-state index in [0.29, 0.717) is 18.4 Å². The van der Waals surface area contributed by atoms with Crippen molar-refractivity contribution in [3.8, 4) is 0 Å². The quantitative estimate of drug-likeness (QED) is 0.900. The second-order valence-corrected chi connectivity index (χ2v) is 8.75. The fourth-order valence-corrected chi connectivity index (χ4v) is 5.61. The predicted molar refractivity (Wildman–Crippen MR) is 92.0 cm³/mol. The van der Waals surface area contributed by atoms with Crippen LogP contribution in [0.2, 0.25) is 0 Å². The number of carbonyl (C=O) groups excluding carboxylic acids is 2. The molecule has 5 nitrogen and oxygen atoms in total. The Morgan fingerprint density at radius 2 is 2.08 bits per heavy atom. The third-order valence-corrected chi connectivity index (χ3v) is 7.10. The van der Waals surface area contributed by atoms with Gasteiger partial charge in [0.05, 0.1) is 5.54 Å². The van der Waals surface area contributed by atoms with Gasteiger partial charge in [-0.15, -0.1) is 0 Å². The van der Waals surface area contributed by atoms with E-state index in [1.165, 1.54) is 11.1 Å². The maximum atomic E-state index is 12.8. The minimum absolute atomic E-state index is 0.0417. The standard InChI is InChI=1S/C20H24N2O3/c1-12-5-3-4-6-14(12)16-15-9-22(10-19(15,16)2)17(23)13-7-20(8-13)11-25-18(24)21-20/h3-6,13,15-16H,7-11H2,1-2H3,(H,21,24)/t13-,15-,16-,19-,20+/m0/s1. The molecule has 3 atom stereocenters. The van der Waals surface area contributed by atoms with Crippen LogP contribution in [0.1, 0.15) is 36.8 Å². The zero-order valence-electron chi connectivity index (χ0n) is 14.7. The van der Waals surface area contributed by atoms with Crippen molar-refractivity contribution in [3.63, 3.8) is 0 Å². The Morgan fingerprint density at radius 3 is 2.68 bits per heavy atom. The Labute approximate surface area is 147 Å². The number of ether oxygens (including phenoxy) is 1. The lowest BCUT2D eigenvalue weighted by molar-refractivity contribution is -0.140. The van der Waals surface area contributed by atoms with E-state index in [4.69, 9.17) is 4.74 Å². The highest BCUT2D eigenvalue weighted by Gasteiger charge is 2.67. The smallest absolute Gasteiger partial charge is 0.407 e. The Bertz CT molecular complexity index is 770. The molecule has 5 heteroatoms. The SMILES string of the molecule is Cc1ccccc1[C@H]1[C@@H]2CN(C(=O)[C@H]3C[C@]4(COC(=O)N4)C3)C[C@@]21C. The van der Waals surface area contributed by atoms with Gasteiger partial charge in [-0.2, -0.15) is 0 Å². The van der Waals surface area contributed by atoms with E-state index in [9.17, 15) is 9.59 Å². The van der Waals surface area contributed by atoms with Crippen molar-refractivity contribution in [1.82, 2.24) is 10.2 Å². The van der Waals surface area contributed by atoms with E-state index < -0.39 is 0 Å². The lowest BCUT2D eigenvalue weighted by atomic mass is 9.68. The molecule has 4 fully saturated rings. The van der Waals surface area contributed by atoms with Gasteiger partial charge in [-0.1, -0.05) is 31.2 Å². The van der Waals surface area contributed by atoms with Gasteiger partial charge in [0.1, 0.15) is 6.61 Å². The van der Waals surface area contributed by atoms with Gasteiger partial charge < -0.3 is 15.0 Å². The molecule has 2 aliphatic heterocycles. The van der Waals surface area contributed by atoms with E-state index in [2.05, 4.69) is 48.3 Å². The third-order valence-electron chi connectivity index (χ3n) is 7.10. The van der Waals surface area contributed by atoms with Crippen molar-refractivity contribution in [2.24, 2.45) is 17.3 Å². The summed E-state index contributed by atoms with van der Waals surface area (Å²) in [6, 6.07) is 8.64. The largest absolute Gasteiger partial charge is 0.447 e. The summed E-state index contributed by atoms with van der Waals surface area (Å²) in [6.45, 7) is 6.66. The number of carbonyl (C=O) groups is 2. The maximum Gasteiger partial charge on any atom is 0.407 e. The average Bonchev–Trinajstić information content (AvgIpc) is 2.88. The van der Waals surface area contributed by atoms with E-state index in [-0.39, 0.29) is 28.9 Å². The number of piperidine rings is 1. The molecule has 1 aromatic rings. The van der Waals surface area contributed by atoms with E-state index in [0.717, 1.165) is 25.9 Å². The number of likely N-dealkylation sites (tertiary alicyclic amines) is 1. The third kappa shape index (κ3) is 2.07. The summed E-state index contributed by atoms with van der Waals surface area (Å²) in [4.78, 5) is 26.1. The number of amides is 2. The number of nitrogens with one attached hydrogen (secondary N) is 1. The van der Waals surface area contributed by atoms with E-state index in [1.54, 1.807) is 0 Å². The Morgan fingerprint density at radius 1 is 1.32 bits per heavy atom. The van der Waals surface area contributed by atoms with Crippen LogP contribution in [0, 0.1) is 24.2 Å². The molecule has 0 aromatic heterocycles. The first-order valence-corrected chi connectivity index (χ1v) is 9.21. The van der Waals surface area contributed by atoms with Crippen LogP contribution in [-0.2, 0) is 9.53 Å². The normalized spacial score (nSPS) is 41.1.